The minimum absolute atomic E-state index is 0.0362. The first-order chi connectivity index (χ1) is 20.9. The van der Waals surface area contributed by atoms with Gasteiger partial charge in [-0.15, -0.1) is 23.1 Å². The average Bonchev–Trinajstić information content (AvgIpc) is 3.36. The van der Waals surface area contributed by atoms with Gasteiger partial charge in [0.15, 0.2) is 10.8 Å². The Bertz CT molecular complexity index is 1470. The Balaban J connectivity index is 0.000000707. The van der Waals surface area contributed by atoms with Crippen LogP contribution in [0, 0.1) is 0 Å². The number of carboxylic acid groups (broad SMARTS) is 2. The first kappa shape index (κ1) is 35.1. The summed E-state index contributed by atoms with van der Waals surface area (Å²) in [6.07, 6.45) is -7.94. The Hall–Kier alpha value is -4.34. The minimum Gasteiger partial charge on any atom is -0.477 e. The van der Waals surface area contributed by atoms with Crippen LogP contribution < -0.4 is 11.1 Å². The number of rotatable bonds is 7. The van der Waals surface area contributed by atoms with Crippen molar-refractivity contribution in [3.63, 3.8) is 0 Å². The molecule has 0 aliphatic carbocycles. The van der Waals surface area contributed by atoms with Crippen molar-refractivity contribution in [2.75, 3.05) is 31.7 Å². The number of thiazole rings is 1. The lowest BCUT2D eigenvalue weighted by Gasteiger charge is -2.49. The third-order valence-corrected chi connectivity index (χ3v) is 8.02. The quantitative estimate of drug-likeness (QED) is 0.106. The number of carbonyl (C=O) groups is 5. The van der Waals surface area contributed by atoms with E-state index in [4.69, 9.17) is 20.5 Å². The zero-order valence-electron chi connectivity index (χ0n) is 22.6. The summed E-state index contributed by atoms with van der Waals surface area (Å²) in [5, 5.41) is 24.0. The zero-order chi connectivity index (χ0) is 33.9. The first-order valence-corrected chi connectivity index (χ1v) is 14.2. The van der Waals surface area contributed by atoms with Gasteiger partial charge in [0.05, 0.1) is 0 Å². The van der Waals surface area contributed by atoms with Gasteiger partial charge in [-0.3, -0.25) is 19.3 Å². The van der Waals surface area contributed by atoms with Crippen LogP contribution in [0.3, 0.4) is 0 Å². The number of hydrogen-bond acceptors (Lipinski definition) is 11. The molecular formula is C23H22F6N6O8S2. The first-order valence-electron chi connectivity index (χ1n) is 12.3. The lowest BCUT2D eigenvalue weighted by Crippen LogP contribution is -2.71. The number of anilines is 1. The molecule has 1 aromatic rings. The number of nitrogens with two attached hydrogens (primary N) is 1. The molecule has 3 aliphatic heterocycles. The predicted octanol–water partition coefficient (Wildman–Crippen LogP) is 1.56. The Morgan fingerprint density at radius 2 is 1.87 bits per heavy atom. The molecule has 3 amide bonds. The number of carbonyl (C=O) groups excluding carboxylic acids is 3. The normalized spacial score (nSPS) is 21.5. The van der Waals surface area contributed by atoms with E-state index in [0.29, 0.717) is 4.90 Å². The van der Waals surface area contributed by atoms with Crippen molar-refractivity contribution in [2.24, 2.45) is 5.16 Å². The molecule has 14 nitrogen and oxygen atoms in total. The van der Waals surface area contributed by atoms with Gasteiger partial charge in [0, 0.05) is 23.3 Å². The molecule has 4 rings (SSSR count). The van der Waals surface area contributed by atoms with E-state index in [1.807, 2.05) is 0 Å². The number of fused-ring (bicyclic) bond motifs is 1. The molecule has 0 unspecified atom stereocenters. The van der Waals surface area contributed by atoms with Gasteiger partial charge in [0.2, 0.25) is 5.91 Å². The van der Waals surface area contributed by atoms with E-state index in [-0.39, 0.29) is 52.8 Å². The summed E-state index contributed by atoms with van der Waals surface area (Å²) in [6.45, 7) is -1.47. The molecule has 0 radical (unpaired) electrons. The summed E-state index contributed by atoms with van der Waals surface area (Å²) < 4.78 is 70.2. The molecule has 2 saturated heterocycles. The fourth-order valence-corrected chi connectivity index (χ4v) is 6.09. The molecule has 1 aromatic heterocycles. The molecular weight excluding hydrogens is 666 g/mol. The van der Waals surface area contributed by atoms with E-state index in [0.717, 1.165) is 28.0 Å². The number of nitrogens with zero attached hydrogens (tertiary/aromatic N) is 4. The number of aliphatic carboxylic acids is 2. The molecule has 45 heavy (non-hydrogen) atoms. The molecule has 0 spiro atoms. The van der Waals surface area contributed by atoms with Crippen molar-refractivity contribution >= 4 is 63.6 Å². The molecule has 246 valence electrons. The van der Waals surface area contributed by atoms with Gasteiger partial charge in [-0.1, -0.05) is 5.16 Å². The van der Waals surface area contributed by atoms with Gasteiger partial charge >= 0.3 is 24.3 Å². The van der Waals surface area contributed by atoms with Crippen LogP contribution in [0.5, 0.6) is 0 Å². The molecule has 0 bridgehead atoms. The molecule has 22 heteroatoms. The maximum absolute atomic E-state index is 13.0. The molecule has 0 saturated carbocycles. The summed E-state index contributed by atoms with van der Waals surface area (Å²) in [5.74, 6) is -6.50. The van der Waals surface area contributed by atoms with Gasteiger partial charge in [-0.2, -0.15) is 26.3 Å². The van der Waals surface area contributed by atoms with Crippen LogP contribution in [0.2, 0.25) is 0 Å². The number of β-lactam (4-membered cyclic amide) rings is 1. The van der Waals surface area contributed by atoms with Crippen LogP contribution in [0.4, 0.5) is 31.5 Å². The Labute approximate surface area is 256 Å². The highest BCUT2D eigenvalue weighted by molar-refractivity contribution is 8.00. The smallest absolute Gasteiger partial charge is 0.477 e. The molecule has 2 atom stereocenters. The number of halogens is 6. The van der Waals surface area contributed by atoms with Gasteiger partial charge < -0.3 is 31.0 Å². The van der Waals surface area contributed by atoms with Crippen molar-refractivity contribution in [1.29, 1.82) is 0 Å². The second kappa shape index (κ2) is 13.7. The number of nitrogens with one attached hydrogen (secondary N) is 1. The largest absolute Gasteiger partial charge is 0.490 e. The summed E-state index contributed by atoms with van der Waals surface area (Å²) in [6, 6.07) is -1.09. The van der Waals surface area contributed by atoms with Crippen LogP contribution in [-0.2, 0) is 28.8 Å². The topological polar surface area (TPSA) is 205 Å². The van der Waals surface area contributed by atoms with Crippen molar-refractivity contribution in [3.8, 4) is 0 Å². The van der Waals surface area contributed by atoms with E-state index in [9.17, 15) is 50.6 Å². The summed E-state index contributed by atoms with van der Waals surface area (Å²) >= 11 is 2.20. The number of oxime groups is 1. The molecule has 4 heterocycles. The fraction of sp³-hybridized carbons (Fsp3) is 0.435. The Morgan fingerprint density at radius 3 is 2.38 bits per heavy atom. The van der Waals surface area contributed by atoms with Crippen molar-refractivity contribution in [2.45, 2.75) is 36.6 Å². The third-order valence-electron chi connectivity index (χ3n) is 6.05. The van der Waals surface area contributed by atoms with Crippen LogP contribution in [0.25, 0.3) is 0 Å². The highest BCUT2D eigenvalue weighted by Crippen LogP contribution is 2.41. The zero-order valence-corrected chi connectivity index (χ0v) is 24.3. The SMILES string of the molecule is CON=C(C(=O)N[C@@H]1C(=O)N2C(C(=O)O)=C(C=C3CCCN(CC(F)(F)F)C3=O)CS[C@H]12)c1csc(N)n1.O=C(O)C(F)(F)F. The van der Waals surface area contributed by atoms with E-state index in [2.05, 4.69) is 15.5 Å². The average molecular weight is 689 g/mol. The number of hydrogen-bond donors (Lipinski definition) is 4. The van der Waals surface area contributed by atoms with Crippen LogP contribution >= 0.6 is 23.1 Å². The lowest BCUT2D eigenvalue weighted by atomic mass is 9.98. The summed E-state index contributed by atoms with van der Waals surface area (Å²) in [4.78, 5) is 69.7. The minimum atomic E-state index is -5.08. The highest BCUT2D eigenvalue weighted by atomic mass is 32.2. The number of alkyl halides is 6. The van der Waals surface area contributed by atoms with Crippen molar-refractivity contribution < 1.29 is 65.4 Å². The van der Waals surface area contributed by atoms with E-state index in [1.54, 1.807) is 0 Å². The maximum Gasteiger partial charge on any atom is 0.490 e. The van der Waals surface area contributed by atoms with Crippen LogP contribution in [-0.4, -0.2) is 110 Å². The van der Waals surface area contributed by atoms with E-state index >= 15 is 0 Å². The number of allylic oxidation sites excluding steroid dienone is 1. The maximum atomic E-state index is 13.0. The number of likely N-dealkylation sites (tertiary alicyclic amines) is 1. The Kier molecular flexibility index (Phi) is 10.7. The van der Waals surface area contributed by atoms with Gasteiger partial charge in [0.25, 0.3) is 11.8 Å². The second-order valence-corrected chi connectivity index (χ2v) is 11.1. The van der Waals surface area contributed by atoms with Crippen LogP contribution in [0.1, 0.15) is 18.5 Å². The molecule has 3 aliphatic rings. The van der Waals surface area contributed by atoms with Crippen molar-refractivity contribution in [3.05, 3.63) is 34.0 Å². The standard InChI is InChI=1S/C21H21F3N6O6S2.C2HF3O2/c1-36-28-12(11-7-38-20(25)26-11)15(31)27-13-17(33)30-14(19(34)35)10(6-37-18(13)30)5-9-3-2-4-29(16(9)32)8-21(22,23)24;3-2(4,5)1(6)7/h5,7,13,18H,2-4,6,8H2,1H3,(H2,25,26)(H,27,31)(H,34,35);(H,6,7)/t13-,18-;/m1./s1. The van der Waals surface area contributed by atoms with E-state index < -0.39 is 65.7 Å². The molecule has 5 N–H and O–H groups in total. The number of amides is 3. The summed E-state index contributed by atoms with van der Waals surface area (Å²) in [7, 11) is 1.22. The highest BCUT2D eigenvalue weighted by Gasteiger charge is 2.54. The summed E-state index contributed by atoms with van der Waals surface area (Å²) in [5.41, 5.74) is 5.26. The number of nitrogen functional groups attached to an aromatic ring is 1. The molecule has 0 aromatic carbocycles. The molecule has 2 fully saturated rings. The lowest BCUT2D eigenvalue weighted by molar-refractivity contribution is -0.192. The van der Waals surface area contributed by atoms with Gasteiger partial charge in [-0.25, -0.2) is 14.6 Å². The fourth-order valence-electron chi connectivity index (χ4n) is 4.24. The van der Waals surface area contributed by atoms with E-state index in [1.165, 1.54) is 18.6 Å². The van der Waals surface area contributed by atoms with Crippen molar-refractivity contribution in [1.82, 2.24) is 20.1 Å². The van der Waals surface area contributed by atoms with Gasteiger partial charge in [0.1, 0.15) is 36.5 Å². The number of thioether (sulfide) groups is 1. The second-order valence-electron chi connectivity index (χ2n) is 9.15. The third kappa shape index (κ3) is 8.44. The predicted molar refractivity (Wildman–Crippen MR) is 143 cm³/mol. The van der Waals surface area contributed by atoms with Gasteiger partial charge in [-0.05, 0) is 24.5 Å². The number of carboxylic acids is 2. The number of aromatic nitrogens is 1. The Morgan fingerprint density at radius 1 is 1.22 bits per heavy atom. The monoisotopic (exact) mass is 688 g/mol. The van der Waals surface area contributed by atoms with Crippen LogP contribution in [0.15, 0.2) is 33.5 Å². The number of piperidine rings is 1.